The second-order valence-corrected chi connectivity index (χ2v) is 7.28. The van der Waals surface area contributed by atoms with E-state index in [-0.39, 0.29) is 11.4 Å². The van der Waals surface area contributed by atoms with Crippen molar-refractivity contribution in [2.45, 2.75) is 44.1 Å². The number of nitrogens with one attached hydrogen (secondary N) is 1. The third-order valence-electron chi connectivity index (χ3n) is 5.57. The predicted octanol–water partition coefficient (Wildman–Crippen LogP) is 4.22. The molecule has 3 heteroatoms. The number of carbonyl (C=O) groups is 1. The highest BCUT2D eigenvalue weighted by molar-refractivity contribution is 5.98. The number of likely N-dealkylation sites (N-methyl/N-ethyl adjacent to an activating group) is 1. The van der Waals surface area contributed by atoms with E-state index in [0.717, 1.165) is 30.3 Å². The number of fused-ring (bicyclic) bond motifs is 1. The quantitative estimate of drug-likeness (QED) is 0.854. The molecule has 128 valence electrons. The Labute approximate surface area is 145 Å². The Hall–Kier alpha value is -1.87. The van der Waals surface area contributed by atoms with Gasteiger partial charge in [-0.3, -0.25) is 4.79 Å². The van der Waals surface area contributed by atoms with E-state index in [9.17, 15) is 4.79 Å². The summed E-state index contributed by atoms with van der Waals surface area (Å²) in [6.07, 6.45) is 7.46. The molecule has 0 atom stereocenters. The van der Waals surface area contributed by atoms with Crippen LogP contribution >= 0.6 is 0 Å². The van der Waals surface area contributed by atoms with Crippen molar-refractivity contribution >= 4 is 16.7 Å². The summed E-state index contributed by atoms with van der Waals surface area (Å²) in [5.41, 5.74) is 0.847. The first-order valence-corrected chi connectivity index (χ1v) is 9.05. The van der Waals surface area contributed by atoms with Gasteiger partial charge in [0.05, 0.1) is 0 Å². The lowest BCUT2D eigenvalue weighted by atomic mass is 9.88. The Morgan fingerprint density at radius 2 is 1.67 bits per heavy atom. The molecule has 1 saturated carbocycles. The molecule has 1 N–H and O–H groups in total. The van der Waals surface area contributed by atoms with Gasteiger partial charge in [0, 0.05) is 17.6 Å². The number of amides is 1. The number of hydrogen-bond acceptors (Lipinski definition) is 2. The summed E-state index contributed by atoms with van der Waals surface area (Å²) in [4.78, 5) is 15.0. The number of carbonyl (C=O) groups excluding carboxylic acids is 1. The van der Waals surface area contributed by atoms with E-state index >= 15 is 0 Å². The zero-order chi connectivity index (χ0) is 17.0. The van der Waals surface area contributed by atoms with Gasteiger partial charge in [-0.15, -0.1) is 0 Å². The number of nitrogens with zero attached hydrogens (tertiary/aromatic N) is 1. The minimum atomic E-state index is 0.0335. The second kappa shape index (κ2) is 7.35. The second-order valence-electron chi connectivity index (χ2n) is 7.28. The van der Waals surface area contributed by atoms with Crippen LogP contribution in [0.2, 0.25) is 0 Å². The van der Waals surface area contributed by atoms with Crippen molar-refractivity contribution < 1.29 is 4.79 Å². The molecule has 1 amide bonds. The average molecular weight is 324 g/mol. The van der Waals surface area contributed by atoms with Crippen LogP contribution in [-0.4, -0.2) is 37.0 Å². The molecule has 1 aliphatic carbocycles. The first-order chi connectivity index (χ1) is 11.6. The largest absolute Gasteiger partial charge is 0.350 e. The Balaban J connectivity index is 1.72. The van der Waals surface area contributed by atoms with Gasteiger partial charge in [0.2, 0.25) is 0 Å². The van der Waals surface area contributed by atoms with Gasteiger partial charge in [-0.2, -0.15) is 0 Å². The lowest BCUT2D eigenvalue weighted by molar-refractivity contribution is 0.0869. The lowest BCUT2D eigenvalue weighted by Gasteiger charge is -2.39. The van der Waals surface area contributed by atoms with Crippen molar-refractivity contribution in [1.29, 1.82) is 0 Å². The van der Waals surface area contributed by atoms with Crippen LogP contribution in [0.4, 0.5) is 0 Å². The third kappa shape index (κ3) is 3.62. The molecule has 0 aromatic heterocycles. The van der Waals surface area contributed by atoms with Crippen LogP contribution < -0.4 is 5.32 Å². The number of hydrogen-bond donors (Lipinski definition) is 1. The Morgan fingerprint density at radius 3 is 2.33 bits per heavy atom. The first-order valence-electron chi connectivity index (χ1n) is 9.05. The fourth-order valence-corrected chi connectivity index (χ4v) is 3.85. The van der Waals surface area contributed by atoms with Gasteiger partial charge in [-0.1, -0.05) is 56.0 Å². The molecular formula is C21H28N2O. The van der Waals surface area contributed by atoms with Crippen molar-refractivity contribution in [2.75, 3.05) is 20.6 Å². The van der Waals surface area contributed by atoms with Crippen molar-refractivity contribution in [1.82, 2.24) is 10.2 Å². The van der Waals surface area contributed by atoms with Gasteiger partial charge in [-0.05, 0) is 49.8 Å². The van der Waals surface area contributed by atoms with Gasteiger partial charge < -0.3 is 10.2 Å². The summed E-state index contributed by atoms with van der Waals surface area (Å²) >= 11 is 0. The molecule has 1 aliphatic rings. The molecule has 0 radical (unpaired) electrons. The fourth-order valence-electron chi connectivity index (χ4n) is 3.85. The number of rotatable bonds is 4. The van der Waals surface area contributed by atoms with Crippen molar-refractivity contribution in [3.05, 3.63) is 48.0 Å². The summed E-state index contributed by atoms with van der Waals surface area (Å²) in [5, 5.41) is 5.48. The molecular weight excluding hydrogens is 296 g/mol. The standard InChI is InChI=1S/C21H28N2O/c1-23(2)21(13-7-3-4-8-14-21)16-22-20(24)19-12-11-17-9-5-6-10-18(17)15-19/h5-6,9-12,15H,3-4,7-8,13-14,16H2,1-2H3,(H,22,24). The molecule has 0 saturated heterocycles. The molecule has 0 spiro atoms. The fraction of sp³-hybridized carbons (Fsp3) is 0.476. The van der Waals surface area contributed by atoms with E-state index in [1.54, 1.807) is 0 Å². The Kier molecular flexibility index (Phi) is 5.20. The zero-order valence-corrected chi connectivity index (χ0v) is 14.8. The summed E-state index contributed by atoms with van der Waals surface area (Å²) in [6, 6.07) is 14.1. The topological polar surface area (TPSA) is 32.3 Å². The summed E-state index contributed by atoms with van der Waals surface area (Å²) < 4.78 is 0. The average Bonchev–Trinajstić information content (AvgIpc) is 2.86. The minimum absolute atomic E-state index is 0.0335. The highest BCUT2D eigenvalue weighted by Gasteiger charge is 2.33. The smallest absolute Gasteiger partial charge is 0.251 e. The van der Waals surface area contributed by atoms with Gasteiger partial charge in [0.25, 0.3) is 5.91 Å². The molecule has 1 fully saturated rings. The van der Waals surface area contributed by atoms with Crippen LogP contribution in [0.15, 0.2) is 42.5 Å². The van der Waals surface area contributed by atoms with Gasteiger partial charge in [0.1, 0.15) is 0 Å². The van der Waals surface area contributed by atoms with Gasteiger partial charge in [-0.25, -0.2) is 0 Å². The van der Waals surface area contributed by atoms with Crippen LogP contribution in [0.5, 0.6) is 0 Å². The SMILES string of the molecule is CN(C)C1(CNC(=O)c2ccc3ccccc3c2)CCCCCC1. The summed E-state index contributed by atoms with van der Waals surface area (Å²) in [7, 11) is 4.29. The monoisotopic (exact) mass is 324 g/mol. The van der Waals surface area contributed by atoms with Gasteiger partial charge >= 0.3 is 0 Å². The van der Waals surface area contributed by atoms with E-state index in [4.69, 9.17) is 0 Å². The van der Waals surface area contributed by atoms with E-state index in [1.165, 1.54) is 31.1 Å². The maximum Gasteiger partial charge on any atom is 0.251 e. The van der Waals surface area contributed by atoms with E-state index in [2.05, 4.69) is 36.4 Å². The van der Waals surface area contributed by atoms with Crippen molar-refractivity contribution in [3.8, 4) is 0 Å². The molecule has 24 heavy (non-hydrogen) atoms. The lowest BCUT2D eigenvalue weighted by Crippen LogP contribution is -2.52. The summed E-state index contributed by atoms with van der Waals surface area (Å²) in [6.45, 7) is 0.728. The zero-order valence-electron chi connectivity index (χ0n) is 14.8. The molecule has 0 bridgehead atoms. The molecule has 0 heterocycles. The molecule has 0 unspecified atom stereocenters. The van der Waals surface area contributed by atoms with Crippen LogP contribution in [0.3, 0.4) is 0 Å². The van der Waals surface area contributed by atoms with Gasteiger partial charge in [0.15, 0.2) is 0 Å². The normalized spacial score (nSPS) is 17.6. The minimum Gasteiger partial charge on any atom is -0.350 e. The molecule has 2 aromatic rings. The van der Waals surface area contributed by atoms with Crippen LogP contribution in [0.1, 0.15) is 48.9 Å². The van der Waals surface area contributed by atoms with Crippen LogP contribution in [-0.2, 0) is 0 Å². The first kappa shape index (κ1) is 17.0. The highest BCUT2D eigenvalue weighted by Crippen LogP contribution is 2.30. The molecule has 0 aliphatic heterocycles. The highest BCUT2D eigenvalue weighted by atomic mass is 16.1. The maximum absolute atomic E-state index is 12.7. The van der Waals surface area contributed by atoms with Crippen LogP contribution in [0.25, 0.3) is 10.8 Å². The predicted molar refractivity (Wildman–Crippen MR) is 100 cm³/mol. The Morgan fingerprint density at radius 1 is 1.00 bits per heavy atom. The summed E-state index contributed by atoms with van der Waals surface area (Å²) in [5.74, 6) is 0.0335. The Bertz CT molecular complexity index is 700. The van der Waals surface area contributed by atoms with Crippen molar-refractivity contribution in [2.24, 2.45) is 0 Å². The molecule has 3 nitrogen and oxygen atoms in total. The van der Waals surface area contributed by atoms with Crippen molar-refractivity contribution in [3.63, 3.8) is 0 Å². The van der Waals surface area contributed by atoms with E-state index in [0.29, 0.717) is 0 Å². The molecule has 3 rings (SSSR count). The number of benzene rings is 2. The van der Waals surface area contributed by atoms with E-state index < -0.39 is 0 Å². The third-order valence-corrected chi connectivity index (χ3v) is 5.57. The molecule has 2 aromatic carbocycles. The maximum atomic E-state index is 12.7. The van der Waals surface area contributed by atoms with E-state index in [1.807, 2.05) is 30.3 Å². The van der Waals surface area contributed by atoms with Crippen LogP contribution in [0, 0.1) is 0 Å².